The van der Waals surface area contributed by atoms with Gasteiger partial charge in [0.05, 0.1) is 6.10 Å². The zero-order valence-corrected chi connectivity index (χ0v) is 17.1. The van der Waals surface area contributed by atoms with E-state index in [2.05, 4.69) is 5.32 Å². The molecule has 7 nitrogen and oxygen atoms in total. The van der Waals surface area contributed by atoms with E-state index in [-0.39, 0.29) is 5.75 Å². The molecule has 0 bridgehead atoms. The molecule has 2 aromatic carbocycles. The molecular formula is C23H27NO6. The number of anilines is 1. The van der Waals surface area contributed by atoms with Gasteiger partial charge in [0.2, 0.25) is 0 Å². The molecule has 0 aliphatic carbocycles. The predicted molar refractivity (Wildman–Crippen MR) is 114 cm³/mol. The highest BCUT2D eigenvalue weighted by molar-refractivity contribution is 5.84. The van der Waals surface area contributed by atoms with E-state index >= 15 is 0 Å². The van der Waals surface area contributed by atoms with Crippen LogP contribution in [0, 0.1) is 6.92 Å². The van der Waals surface area contributed by atoms with Crippen molar-refractivity contribution >= 4 is 17.7 Å². The summed E-state index contributed by atoms with van der Waals surface area (Å²) >= 11 is 0. The summed E-state index contributed by atoms with van der Waals surface area (Å²) < 4.78 is 11.5. The number of phenols is 1. The van der Waals surface area contributed by atoms with Gasteiger partial charge in [-0.05, 0) is 56.5 Å². The first kappa shape index (κ1) is 23.0. The monoisotopic (exact) mass is 413 g/mol. The average Bonchev–Trinajstić information content (AvgIpc) is 2.71. The fourth-order valence-electron chi connectivity index (χ4n) is 2.90. The Hall–Kier alpha value is -3.32. The van der Waals surface area contributed by atoms with Crippen LogP contribution in [0.5, 0.6) is 5.75 Å². The van der Waals surface area contributed by atoms with Gasteiger partial charge in [0.15, 0.2) is 6.10 Å². The number of benzene rings is 2. The quantitative estimate of drug-likeness (QED) is 0.483. The molecule has 0 saturated heterocycles. The summed E-state index contributed by atoms with van der Waals surface area (Å²) in [6.45, 7) is 4.18. The lowest BCUT2D eigenvalue weighted by atomic mass is 10.00. The Bertz CT molecular complexity index is 845. The zero-order valence-electron chi connectivity index (χ0n) is 17.1. The Labute approximate surface area is 176 Å². The molecule has 0 aromatic heterocycles. The van der Waals surface area contributed by atoms with Crippen LogP contribution in [0.15, 0.2) is 60.7 Å². The maximum absolute atomic E-state index is 12.5. The van der Waals surface area contributed by atoms with Gasteiger partial charge in [-0.2, -0.15) is 0 Å². The third kappa shape index (κ3) is 7.60. The number of aryl methyl sites for hydroxylation is 1. The average molecular weight is 413 g/mol. The van der Waals surface area contributed by atoms with E-state index in [1.54, 1.807) is 24.3 Å². The van der Waals surface area contributed by atoms with Crippen LogP contribution in [-0.4, -0.2) is 35.0 Å². The molecular weight excluding hydrogens is 386 g/mol. The number of carboxylic acid groups (broad SMARTS) is 1. The molecule has 2 rings (SSSR count). The molecule has 7 heteroatoms. The predicted octanol–water partition coefficient (Wildman–Crippen LogP) is 4.82. The van der Waals surface area contributed by atoms with Gasteiger partial charge in [-0.15, -0.1) is 0 Å². The highest BCUT2D eigenvalue weighted by atomic mass is 16.6. The fraction of sp³-hybridized carbons (Fsp3) is 0.304. The molecule has 0 aliphatic heterocycles. The number of carbonyl (C=O) groups excluding carboxylic acids is 1. The molecule has 2 atom stereocenters. The number of carboxylic acids is 1. The van der Waals surface area contributed by atoms with E-state index in [0.29, 0.717) is 30.7 Å². The number of aromatic hydroxyl groups is 1. The summed E-state index contributed by atoms with van der Waals surface area (Å²) in [5, 5.41) is 21.0. The lowest BCUT2D eigenvalue weighted by Gasteiger charge is -2.27. The third-order valence-corrected chi connectivity index (χ3v) is 4.35. The number of aliphatic carboxylic acids is 1. The number of nitrogens with one attached hydrogen (secondary N) is 1. The molecule has 2 aromatic rings. The molecule has 0 saturated carbocycles. The van der Waals surface area contributed by atoms with Crippen molar-refractivity contribution in [2.75, 3.05) is 11.9 Å². The van der Waals surface area contributed by atoms with Crippen LogP contribution in [-0.2, 0) is 14.3 Å². The molecule has 3 N–H and O–H groups in total. The summed E-state index contributed by atoms with van der Waals surface area (Å²) in [6, 6.07) is 13.7. The van der Waals surface area contributed by atoms with Crippen molar-refractivity contribution in [1.29, 1.82) is 0 Å². The van der Waals surface area contributed by atoms with Crippen molar-refractivity contribution in [1.82, 2.24) is 0 Å². The van der Waals surface area contributed by atoms with Crippen molar-refractivity contribution in [3.63, 3.8) is 0 Å². The van der Waals surface area contributed by atoms with Crippen molar-refractivity contribution in [2.24, 2.45) is 0 Å². The Balaban J connectivity index is 2.18. The number of hydrogen-bond donors (Lipinski definition) is 3. The number of allylic oxidation sites excluding steroid dienone is 1. The van der Waals surface area contributed by atoms with E-state index in [0.717, 1.165) is 11.6 Å². The number of phenolic OH excluding ortho intramolecular Hbond substituents is 1. The molecule has 0 fully saturated rings. The lowest BCUT2D eigenvalue weighted by molar-refractivity contribution is -0.131. The largest absolute Gasteiger partial charge is 0.508 e. The van der Waals surface area contributed by atoms with Crippen LogP contribution in [0.2, 0.25) is 0 Å². The summed E-state index contributed by atoms with van der Waals surface area (Å²) in [6.07, 6.45) is 1.62. The molecule has 0 radical (unpaired) electrons. The number of ether oxygens (including phenoxy) is 2. The van der Waals surface area contributed by atoms with Crippen LogP contribution in [0.25, 0.3) is 0 Å². The Morgan fingerprint density at radius 1 is 1.10 bits per heavy atom. The summed E-state index contributed by atoms with van der Waals surface area (Å²) in [5.41, 5.74) is 2.33. The van der Waals surface area contributed by atoms with Crippen LogP contribution < -0.4 is 5.32 Å². The first-order chi connectivity index (χ1) is 14.4. The Morgan fingerprint density at radius 3 is 2.37 bits per heavy atom. The van der Waals surface area contributed by atoms with Crippen molar-refractivity contribution in [3.8, 4) is 5.75 Å². The second-order valence-corrected chi connectivity index (χ2v) is 6.72. The van der Waals surface area contributed by atoms with E-state index in [4.69, 9.17) is 14.6 Å². The normalized spacial score (nSPS) is 13.0. The standard InChI is InChI=1S/C23H27NO6/c1-3-29-20(6-4-5-7-21(26)27)22(17-10-14-19(25)15-11-17)30-23(28)24-18-12-8-16(2)9-13-18/h5,7-15,20,22,25H,3-4,6H2,1-2H3,(H,24,28)(H,26,27)/b7-5+/t20-,22-/m0/s1. The minimum Gasteiger partial charge on any atom is -0.508 e. The molecule has 1 amide bonds. The van der Waals surface area contributed by atoms with Gasteiger partial charge in [-0.3, -0.25) is 5.32 Å². The molecule has 0 aliphatic rings. The van der Waals surface area contributed by atoms with Gasteiger partial charge in [-0.1, -0.05) is 35.9 Å². The molecule has 0 unspecified atom stereocenters. The minimum absolute atomic E-state index is 0.0963. The molecule has 0 heterocycles. The van der Waals surface area contributed by atoms with Gasteiger partial charge >= 0.3 is 12.1 Å². The first-order valence-electron chi connectivity index (χ1n) is 9.73. The summed E-state index contributed by atoms with van der Waals surface area (Å²) in [4.78, 5) is 23.2. The number of amides is 1. The van der Waals surface area contributed by atoms with E-state index in [1.165, 1.54) is 18.2 Å². The van der Waals surface area contributed by atoms with Gasteiger partial charge in [0, 0.05) is 18.4 Å². The number of hydrogen-bond acceptors (Lipinski definition) is 5. The number of carbonyl (C=O) groups is 2. The second-order valence-electron chi connectivity index (χ2n) is 6.72. The second kappa shape index (κ2) is 11.6. The third-order valence-electron chi connectivity index (χ3n) is 4.35. The summed E-state index contributed by atoms with van der Waals surface area (Å²) in [5.74, 6) is -0.925. The highest BCUT2D eigenvalue weighted by Crippen LogP contribution is 2.29. The van der Waals surface area contributed by atoms with Gasteiger partial charge < -0.3 is 19.7 Å². The van der Waals surface area contributed by atoms with E-state index < -0.39 is 24.3 Å². The SMILES string of the molecule is CCO[C@@H](CC/C=C/C(=O)O)[C@@H](OC(=O)Nc1ccc(C)cc1)c1ccc(O)cc1. The first-order valence-corrected chi connectivity index (χ1v) is 9.73. The van der Waals surface area contributed by atoms with Crippen LogP contribution in [0.4, 0.5) is 10.5 Å². The maximum atomic E-state index is 12.5. The zero-order chi connectivity index (χ0) is 21.9. The van der Waals surface area contributed by atoms with Gasteiger partial charge in [-0.25, -0.2) is 9.59 Å². The maximum Gasteiger partial charge on any atom is 0.412 e. The van der Waals surface area contributed by atoms with Crippen molar-refractivity contribution in [3.05, 3.63) is 71.8 Å². The number of rotatable bonds is 10. The minimum atomic E-state index is -1.02. The van der Waals surface area contributed by atoms with E-state index in [9.17, 15) is 14.7 Å². The van der Waals surface area contributed by atoms with Gasteiger partial charge in [0.25, 0.3) is 0 Å². The van der Waals surface area contributed by atoms with Gasteiger partial charge in [0.1, 0.15) is 5.75 Å². The Kier molecular flexibility index (Phi) is 8.90. The van der Waals surface area contributed by atoms with E-state index in [1.807, 2.05) is 26.0 Å². The smallest absolute Gasteiger partial charge is 0.412 e. The molecule has 0 spiro atoms. The Morgan fingerprint density at radius 2 is 1.77 bits per heavy atom. The highest BCUT2D eigenvalue weighted by Gasteiger charge is 2.27. The fourth-order valence-corrected chi connectivity index (χ4v) is 2.90. The summed E-state index contributed by atoms with van der Waals surface area (Å²) in [7, 11) is 0. The van der Waals surface area contributed by atoms with Crippen LogP contribution >= 0.6 is 0 Å². The van der Waals surface area contributed by atoms with Crippen molar-refractivity contribution < 1.29 is 29.3 Å². The van der Waals surface area contributed by atoms with Crippen molar-refractivity contribution in [2.45, 2.75) is 38.9 Å². The van der Waals surface area contributed by atoms with Crippen LogP contribution in [0.1, 0.15) is 37.0 Å². The molecule has 30 heavy (non-hydrogen) atoms. The van der Waals surface area contributed by atoms with Crippen LogP contribution in [0.3, 0.4) is 0 Å². The topological polar surface area (TPSA) is 105 Å². The molecule has 160 valence electrons. The lowest BCUT2D eigenvalue weighted by Crippen LogP contribution is -2.29.